The lowest BCUT2D eigenvalue weighted by Crippen LogP contribution is -2.21. The Labute approximate surface area is 131 Å². The summed E-state index contributed by atoms with van der Waals surface area (Å²) in [5.74, 6) is -0.887. The van der Waals surface area contributed by atoms with E-state index in [4.69, 9.17) is 10.7 Å². The van der Waals surface area contributed by atoms with Gasteiger partial charge in [-0.1, -0.05) is 32.9 Å². The van der Waals surface area contributed by atoms with Crippen LogP contribution in [0.4, 0.5) is 0 Å². The molecule has 21 heavy (non-hydrogen) atoms. The monoisotopic (exact) mass is 302 g/mol. The molecule has 3 nitrogen and oxygen atoms in total. The highest BCUT2D eigenvalue weighted by Crippen LogP contribution is 2.30. The highest BCUT2D eigenvalue weighted by atomic mass is 32.2. The lowest BCUT2D eigenvalue weighted by atomic mass is 9.87. The van der Waals surface area contributed by atoms with Crippen molar-refractivity contribution in [1.82, 2.24) is 0 Å². The highest BCUT2D eigenvalue weighted by Gasteiger charge is 2.21. The fourth-order valence-electron chi connectivity index (χ4n) is 1.86. The number of nitriles is 1. The van der Waals surface area contributed by atoms with E-state index in [9.17, 15) is 4.79 Å². The lowest BCUT2D eigenvalue weighted by molar-refractivity contribution is -0.117. The van der Waals surface area contributed by atoms with Crippen molar-refractivity contribution in [2.24, 2.45) is 5.92 Å². The van der Waals surface area contributed by atoms with Gasteiger partial charge in [0.15, 0.2) is 5.78 Å². The van der Waals surface area contributed by atoms with Crippen molar-refractivity contribution in [3.05, 3.63) is 29.3 Å². The number of benzene rings is 1. The molecule has 0 heterocycles. The summed E-state index contributed by atoms with van der Waals surface area (Å²) in [6.07, 6.45) is 0. The van der Waals surface area contributed by atoms with Crippen molar-refractivity contribution in [2.45, 2.75) is 44.9 Å². The number of hydrogen-bond donors (Lipinski definition) is 1. The van der Waals surface area contributed by atoms with Crippen LogP contribution in [0.5, 0.6) is 0 Å². The summed E-state index contributed by atoms with van der Waals surface area (Å²) in [4.78, 5) is 13.1. The van der Waals surface area contributed by atoms with E-state index in [0.717, 1.165) is 10.5 Å². The summed E-state index contributed by atoms with van der Waals surface area (Å²) in [6, 6.07) is 8.20. The average Bonchev–Trinajstić information content (AvgIpc) is 2.36. The summed E-state index contributed by atoms with van der Waals surface area (Å²) in [6.45, 7) is 9.98. The van der Waals surface area contributed by atoms with E-state index in [-0.39, 0.29) is 22.7 Å². The van der Waals surface area contributed by atoms with Gasteiger partial charge in [-0.25, -0.2) is 0 Å². The Morgan fingerprint density at radius 2 is 2.05 bits per heavy atom. The van der Waals surface area contributed by atoms with E-state index >= 15 is 0 Å². The van der Waals surface area contributed by atoms with Gasteiger partial charge in [-0.3, -0.25) is 4.79 Å². The third-order valence-corrected chi connectivity index (χ3v) is 4.49. The zero-order chi connectivity index (χ0) is 16.2. The van der Waals surface area contributed by atoms with Crippen molar-refractivity contribution in [3.8, 4) is 6.07 Å². The number of carbonyl (C=O) groups excluding carboxylic acids is 1. The van der Waals surface area contributed by atoms with Gasteiger partial charge in [0, 0.05) is 10.6 Å². The Bertz CT molecular complexity index is 594. The largest absolute Gasteiger partial charge is 0.308 e. The Hall–Kier alpha value is -1.60. The predicted molar refractivity (Wildman–Crippen MR) is 88.1 cm³/mol. The summed E-state index contributed by atoms with van der Waals surface area (Å²) in [5, 5.41) is 16.4. The second-order valence-corrected chi connectivity index (χ2v) is 7.25. The number of aryl methyl sites for hydroxylation is 1. The van der Waals surface area contributed by atoms with Gasteiger partial charge in [-0.2, -0.15) is 5.26 Å². The van der Waals surface area contributed by atoms with Gasteiger partial charge < -0.3 is 5.41 Å². The summed E-state index contributed by atoms with van der Waals surface area (Å²) in [5.41, 5.74) is 2.53. The third kappa shape index (κ3) is 4.71. The Morgan fingerprint density at radius 1 is 1.43 bits per heavy atom. The van der Waals surface area contributed by atoms with Crippen molar-refractivity contribution in [3.63, 3.8) is 0 Å². The first-order valence-corrected chi connectivity index (χ1v) is 7.86. The molecule has 1 atom stereocenters. The van der Waals surface area contributed by atoms with Crippen molar-refractivity contribution in [1.29, 1.82) is 10.7 Å². The second-order valence-electron chi connectivity index (χ2n) is 6.23. The van der Waals surface area contributed by atoms with Crippen LogP contribution in [0.15, 0.2) is 23.1 Å². The van der Waals surface area contributed by atoms with Crippen LogP contribution in [0.3, 0.4) is 0 Å². The standard InChI is InChI=1S/C17H22N2OS/c1-11-6-7-13(17(3,4)5)8-16(11)21-10-15(20)14(9-18)12(2)19/h6-8,14,19H,10H2,1-5H3/t14-/m0/s1. The van der Waals surface area contributed by atoms with Gasteiger partial charge in [0.1, 0.15) is 5.92 Å². The molecule has 0 aliphatic heterocycles. The fourth-order valence-corrected chi connectivity index (χ4v) is 2.84. The maximum absolute atomic E-state index is 12.0. The maximum atomic E-state index is 12.0. The molecule has 0 aliphatic rings. The zero-order valence-corrected chi connectivity index (χ0v) is 14.1. The topological polar surface area (TPSA) is 64.7 Å². The molecule has 0 fully saturated rings. The smallest absolute Gasteiger partial charge is 0.165 e. The SMILES string of the molecule is CC(=N)[C@H](C#N)C(=O)CSc1cc(C(C)(C)C)ccc1C. The van der Waals surface area contributed by atoms with E-state index in [1.807, 2.05) is 13.0 Å². The fraction of sp³-hybridized carbons (Fsp3) is 0.471. The number of rotatable bonds is 5. The van der Waals surface area contributed by atoms with Crippen molar-refractivity contribution >= 4 is 23.3 Å². The van der Waals surface area contributed by atoms with E-state index < -0.39 is 5.92 Å². The Kier molecular flexibility index (Phi) is 5.74. The normalized spacial score (nSPS) is 12.6. The molecular weight excluding hydrogens is 280 g/mol. The van der Waals surface area contributed by atoms with Gasteiger partial charge in [-0.15, -0.1) is 11.8 Å². The number of ketones is 1. The van der Waals surface area contributed by atoms with Gasteiger partial charge in [0.05, 0.1) is 11.8 Å². The van der Waals surface area contributed by atoms with Crippen LogP contribution in [0.2, 0.25) is 0 Å². The van der Waals surface area contributed by atoms with Crippen LogP contribution in [-0.2, 0) is 10.2 Å². The van der Waals surface area contributed by atoms with E-state index in [1.165, 1.54) is 24.2 Å². The summed E-state index contributed by atoms with van der Waals surface area (Å²) >= 11 is 1.45. The minimum Gasteiger partial charge on any atom is -0.308 e. The molecule has 0 bridgehead atoms. The quantitative estimate of drug-likeness (QED) is 0.657. The molecule has 1 rings (SSSR count). The van der Waals surface area contributed by atoms with Crippen LogP contribution in [-0.4, -0.2) is 17.2 Å². The lowest BCUT2D eigenvalue weighted by Gasteiger charge is -2.20. The Morgan fingerprint density at radius 3 is 2.52 bits per heavy atom. The van der Waals surface area contributed by atoms with E-state index in [1.54, 1.807) is 0 Å². The predicted octanol–water partition coefficient (Wildman–Crippen LogP) is 4.13. The van der Waals surface area contributed by atoms with Gasteiger partial charge in [-0.05, 0) is 36.5 Å². The maximum Gasteiger partial charge on any atom is 0.165 e. The van der Waals surface area contributed by atoms with E-state index in [0.29, 0.717) is 0 Å². The molecule has 4 heteroatoms. The third-order valence-electron chi connectivity index (χ3n) is 3.31. The number of Topliss-reactive ketones (excluding diaryl/α,β-unsaturated/α-hetero) is 1. The molecule has 0 unspecified atom stereocenters. The van der Waals surface area contributed by atoms with Gasteiger partial charge in [0.25, 0.3) is 0 Å². The number of nitrogens with zero attached hydrogens (tertiary/aromatic N) is 1. The molecule has 0 saturated carbocycles. The van der Waals surface area contributed by atoms with Crippen molar-refractivity contribution in [2.75, 3.05) is 5.75 Å². The molecule has 0 amide bonds. The second kappa shape index (κ2) is 6.91. The van der Waals surface area contributed by atoms with E-state index in [2.05, 4.69) is 39.0 Å². The molecule has 1 N–H and O–H groups in total. The first-order chi connectivity index (χ1) is 9.66. The number of carbonyl (C=O) groups is 1. The van der Waals surface area contributed by atoms with Crippen LogP contribution in [0.25, 0.3) is 0 Å². The Balaban J connectivity index is 2.87. The minimum atomic E-state index is -0.913. The highest BCUT2D eigenvalue weighted by molar-refractivity contribution is 8.00. The first kappa shape index (κ1) is 17.5. The molecule has 0 aliphatic carbocycles. The van der Waals surface area contributed by atoms with Crippen LogP contribution in [0.1, 0.15) is 38.8 Å². The van der Waals surface area contributed by atoms with Crippen molar-refractivity contribution < 1.29 is 4.79 Å². The van der Waals surface area contributed by atoms with Gasteiger partial charge in [0.2, 0.25) is 0 Å². The molecule has 112 valence electrons. The summed E-state index contributed by atoms with van der Waals surface area (Å²) < 4.78 is 0. The molecule has 0 radical (unpaired) electrons. The van der Waals surface area contributed by atoms with Gasteiger partial charge >= 0.3 is 0 Å². The van der Waals surface area contributed by atoms with Crippen LogP contribution in [0, 0.1) is 29.6 Å². The molecule has 0 aromatic heterocycles. The molecule has 0 spiro atoms. The molecule has 0 saturated heterocycles. The van der Waals surface area contributed by atoms with Crippen LogP contribution < -0.4 is 0 Å². The number of nitrogens with one attached hydrogen (secondary N) is 1. The molecular formula is C17H22N2OS. The summed E-state index contributed by atoms with van der Waals surface area (Å²) in [7, 11) is 0. The van der Waals surface area contributed by atoms with Crippen LogP contribution >= 0.6 is 11.8 Å². The zero-order valence-electron chi connectivity index (χ0n) is 13.3. The minimum absolute atomic E-state index is 0.0632. The first-order valence-electron chi connectivity index (χ1n) is 6.88. The number of hydrogen-bond acceptors (Lipinski definition) is 4. The number of thioether (sulfide) groups is 1. The average molecular weight is 302 g/mol. The molecule has 1 aromatic rings. The molecule has 1 aromatic carbocycles.